The van der Waals surface area contributed by atoms with Gasteiger partial charge in [0, 0.05) is 18.9 Å². The molecular formula is C13H22N2O4. The SMILES string of the molecule is NC(=O)CN(C(=O)CCCCC(=O)O)C1CCCC1. The van der Waals surface area contributed by atoms with Gasteiger partial charge in [-0.05, 0) is 25.7 Å². The van der Waals surface area contributed by atoms with Crippen molar-refractivity contribution in [3.63, 3.8) is 0 Å². The summed E-state index contributed by atoms with van der Waals surface area (Å²) >= 11 is 0. The first-order valence-corrected chi connectivity index (χ1v) is 6.80. The third-order valence-electron chi connectivity index (χ3n) is 3.44. The fraction of sp³-hybridized carbons (Fsp3) is 0.769. The lowest BCUT2D eigenvalue weighted by molar-refractivity contribution is -0.138. The highest BCUT2D eigenvalue weighted by Gasteiger charge is 2.27. The Morgan fingerprint density at radius 3 is 2.21 bits per heavy atom. The van der Waals surface area contributed by atoms with E-state index in [0.717, 1.165) is 25.7 Å². The van der Waals surface area contributed by atoms with Gasteiger partial charge in [0.1, 0.15) is 0 Å². The molecule has 0 bridgehead atoms. The Hall–Kier alpha value is -1.59. The van der Waals surface area contributed by atoms with E-state index in [1.54, 1.807) is 4.90 Å². The molecule has 0 atom stereocenters. The van der Waals surface area contributed by atoms with E-state index in [4.69, 9.17) is 10.8 Å². The van der Waals surface area contributed by atoms with Gasteiger partial charge in [0.05, 0.1) is 6.54 Å². The lowest BCUT2D eigenvalue weighted by Crippen LogP contribution is -2.44. The molecule has 0 saturated heterocycles. The topological polar surface area (TPSA) is 101 Å². The van der Waals surface area contributed by atoms with Crippen molar-refractivity contribution >= 4 is 17.8 Å². The summed E-state index contributed by atoms with van der Waals surface area (Å²) in [6, 6.07) is 0.125. The number of rotatable bonds is 8. The van der Waals surface area contributed by atoms with Crippen LogP contribution in [0, 0.1) is 0 Å². The average Bonchev–Trinajstić information content (AvgIpc) is 2.84. The van der Waals surface area contributed by atoms with E-state index in [-0.39, 0.29) is 31.3 Å². The van der Waals surface area contributed by atoms with E-state index >= 15 is 0 Å². The molecule has 1 fully saturated rings. The Morgan fingerprint density at radius 1 is 1.11 bits per heavy atom. The number of carbonyl (C=O) groups is 3. The van der Waals surface area contributed by atoms with Gasteiger partial charge in [-0.3, -0.25) is 14.4 Å². The number of primary amides is 1. The van der Waals surface area contributed by atoms with Crippen LogP contribution in [0.25, 0.3) is 0 Å². The van der Waals surface area contributed by atoms with E-state index < -0.39 is 11.9 Å². The summed E-state index contributed by atoms with van der Waals surface area (Å²) in [5.74, 6) is -1.43. The van der Waals surface area contributed by atoms with Crippen LogP contribution in [0.3, 0.4) is 0 Å². The third kappa shape index (κ3) is 5.72. The van der Waals surface area contributed by atoms with Crippen molar-refractivity contribution in [2.45, 2.75) is 57.4 Å². The molecule has 0 radical (unpaired) electrons. The van der Waals surface area contributed by atoms with Crippen LogP contribution in [0.1, 0.15) is 51.4 Å². The van der Waals surface area contributed by atoms with Crippen LogP contribution in [0.2, 0.25) is 0 Å². The first kappa shape index (κ1) is 15.5. The molecule has 1 saturated carbocycles. The zero-order valence-corrected chi connectivity index (χ0v) is 11.1. The monoisotopic (exact) mass is 270 g/mol. The molecule has 19 heavy (non-hydrogen) atoms. The fourth-order valence-electron chi connectivity index (χ4n) is 2.50. The highest BCUT2D eigenvalue weighted by molar-refractivity contribution is 5.84. The van der Waals surface area contributed by atoms with Crippen molar-refractivity contribution in [3.05, 3.63) is 0 Å². The van der Waals surface area contributed by atoms with E-state index in [0.29, 0.717) is 12.8 Å². The van der Waals surface area contributed by atoms with Gasteiger partial charge in [-0.15, -0.1) is 0 Å². The molecule has 108 valence electrons. The molecule has 1 aliphatic carbocycles. The number of amides is 2. The summed E-state index contributed by atoms with van der Waals surface area (Å²) < 4.78 is 0. The van der Waals surface area contributed by atoms with Crippen molar-refractivity contribution < 1.29 is 19.5 Å². The second-order valence-corrected chi connectivity index (χ2v) is 5.03. The summed E-state index contributed by atoms with van der Waals surface area (Å²) in [6.45, 7) is -0.0254. The van der Waals surface area contributed by atoms with Crippen LogP contribution in [0.15, 0.2) is 0 Å². The molecule has 0 heterocycles. The standard InChI is InChI=1S/C13H22N2O4/c14-11(16)9-15(10-5-1-2-6-10)12(17)7-3-4-8-13(18)19/h10H,1-9H2,(H2,14,16)(H,18,19). The van der Waals surface area contributed by atoms with Gasteiger partial charge in [0.15, 0.2) is 0 Å². The number of nitrogens with two attached hydrogens (primary N) is 1. The van der Waals surface area contributed by atoms with Crippen LogP contribution in [-0.4, -0.2) is 40.4 Å². The van der Waals surface area contributed by atoms with Gasteiger partial charge in [-0.1, -0.05) is 12.8 Å². The summed E-state index contributed by atoms with van der Waals surface area (Å²) in [7, 11) is 0. The summed E-state index contributed by atoms with van der Waals surface area (Å²) in [6.07, 6.45) is 5.38. The smallest absolute Gasteiger partial charge is 0.303 e. The Bertz CT molecular complexity index is 338. The Morgan fingerprint density at radius 2 is 1.68 bits per heavy atom. The van der Waals surface area contributed by atoms with Crippen LogP contribution in [0.5, 0.6) is 0 Å². The molecule has 3 N–H and O–H groups in total. The minimum absolute atomic E-state index is 0.0254. The molecule has 0 spiro atoms. The van der Waals surface area contributed by atoms with Gasteiger partial charge >= 0.3 is 5.97 Å². The van der Waals surface area contributed by atoms with Crippen LogP contribution >= 0.6 is 0 Å². The van der Waals surface area contributed by atoms with Gasteiger partial charge in [0.25, 0.3) is 0 Å². The van der Waals surface area contributed by atoms with E-state index in [1.165, 1.54) is 0 Å². The van der Waals surface area contributed by atoms with Gasteiger partial charge in [-0.2, -0.15) is 0 Å². The molecule has 6 nitrogen and oxygen atoms in total. The van der Waals surface area contributed by atoms with Gasteiger partial charge in [-0.25, -0.2) is 0 Å². The first-order valence-electron chi connectivity index (χ1n) is 6.80. The van der Waals surface area contributed by atoms with Crippen molar-refractivity contribution in [2.75, 3.05) is 6.54 Å². The normalized spacial score (nSPS) is 15.4. The zero-order valence-electron chi connectivity index (χ0n) is 11.1. The highest BCUT2D eigenvalue weighted by Crippen LogP contribution is 2.24. The third-order valence-corrected chi connectivity index (χ3v) is 3.44. The molecular weight excluding hydrogens is 248 g/mol. The average molecular weight is 270 g/mol. The Labute approximate surface area is 112 Å². The molecule has 0 aromatic rings. The predicted octanol–water partition coefficient (Wildman–Crippen LogP) is 0.888. The number of carbonyl (C=O) groups excluding carboxylic acids is 2. The first-order chi connectivity index (χ1) is 9.00. The van der Waals surface area contributed by atoms with Gasteiger partial charge in [0.2, 0.25) is 11.8 Å². The van der Waals surface area contributed by atoms with Crippen LogP contribution in [-0.2, 0) is 14.4 Å². The molecule has 1 rings (SSSR count). The molecule has 6 heteroatoms. The van der Waals surface area contributed by atoms with Gasteiger partial charge < -0.3 is 15.7 Å². The maximum absolute atomic E-state index is 12.1. The van der Waals surface area contributed by atoms with Crippen molar-refractivity contribution in [1.82, 2.24) is 4.90 Å². The molecule has 0 unspecified atom stereocenters. The lowest BCUT2D eigenvalue weighted by Gasteiger charge is -2.27. The quantitative estimate of drug-likeness (QED) is 0.639. The fourth-order valence-corrected chi connectivity index (χ4v) is 2.50. The number of carboxylic acids is 1. The largest absolute Gasteiger partial charge is 0.481 e. The summed E-state index contributed by atoms with van der Waals surface area (Å²) in [4.78, 5) is 35.1. The van der Waals surface area contributed by atoms with E-state index in [1.807, 2.05) is 0 Å². The summed E-state index contributed by atoms with van der Waals surface area (Å²) in [5, 5.41) is 8.52. The molecule has 2 amide bonds. The van der Waals surface area contributed by atoms with E-state index in [9.17, 15) is 14.4 Å². The maximum atomic E-state index is 12.1. The van der Waals surface area contributed by atoms with Crippen molar-refractivity contribution in [3.8, 4) is 0 Å². The minimum atomic E-state index is -0.850. The number of hydrogen-bond donors (Lipinski definition) is 2. The second-order valence-electron chi connectivity index (χ2n) is 5.03. The Balaban J connectivity index is 2.42. The lowest BCUT2D eigenvalue weighted by atomic mass is 10.1. The second kappa shape index (κ2) is 7.76. The number of nitrogens with zero attached hydrogens (tertiary/aromatic N) is 1. The molecule has 0 aromatic carbocycles. The number of aliphatic carboxylic acids is 1. The van der Waals surface area contributed by atoms with Crippen molar-refractivity contribution in [1.29, 1.82) is 0 Å². The molecule has 0 aliphatic heterocycles. The molecule has 1 aliphatic rings. The molecule has 0 aromatic heterocycles. The predicted molar refractivity (Wildman–Crippen MR) is 69.3 cm³/mol. The highest BCUT2D eigenvalue weighted by atomic mass is 16.4. The number of carboxylic acid groups (broad SMARTS) is 1. The van der Waals surface area contributed by atoms with E-state index in [2.05, 4.69) is 0 Å². The van der Waals surface area contributed by atoms with Crippen LogP contribution in [0.4, 0.5) is 0 Å². The van der Waals surface area contributed by atoms with Crippen molar-refractivity contribution in [2.24, 2.45) is 5.73 Å². The number of hydrogen-bond acceptors (Lipinski definition) is 3. The maximum Gasteiger partial charge on any atom is 0.303 e. The zero-order chi connectivity index (χ0) is 14.3. The summed E-state index contributed by atoms with van der Waals surface area (Å²) in [5.41, 5.74) is 5.18. The Kier molecular flexibility index (Phi) is 6.32. The van der Waals surface area contributed by atoms with Crippen LogP contribution < -0.4 is 5.73 Å². The number of unbranched alkanes of at least 4 members (excludes halogenated alkanes) is 1. The minimum Gasteiger partial charge on any atom is -0.481 e.